The van der Waals surface area contributed by atoms with Gasteiger partial charge in [-0.2, -0.15) is 0 Å². The molecule has 1 atom stereocenters. The second-order valence-corrected chi connectivity index (χ2v) is 4.86. The van der Waals surface area contributed by atoms with Gasteiger partial charge in [-0.25, -0.2) is 9.37 Å². The van der Waals surface area contributed by atoms with E-state index in [-0.39, 0.29) is 18.4 Å². The van der Waals surface area contributed by atoms with Gasteiger partial charge in [-0.05, 0) is 31.0 Å². The van der Waals surface area contributed by atoms with E-state index in [1.165, 1.54) is 5.56 Å². The molecule has 3 rings (SSSR count). The van der Waals surface area contributed by atoms with Gasteiger partial charge in [-0.3, -0.25) is 0 Å². The fraction of sp³-hybridized carbons (Fsp3) is 0.267. The predicted octanol–water partition coefficient (Wildman–Crippen LogP) is 2.76. The molecule has 4 heteroatoms. The smallest absolute Gasteiger partial charge is 0.170 e. The van der Waals surface area contributed by atoms with Crippen LogP contribution in [0.5, 0.6) is 0 Å². The van der Waals surface area contributed by atoms with E-state index in [1.54, 1.807) is 12.3 Å². The van der Waals surface area contributed by atoms with Crippen molar-refractivity contribution in [1.29, 1.82) is 0 Å². The summed E-state index contributed by atoms with van der Waals surface area (Å²) in [6.07, 6.45) is 2.53. The summed E-state index contributed by atoms with van der Waals surface area (Å²) in [5.41, 5.74) is 8.33. The average Bonchev–Trinajstić information content (AvgIpc) is 2.75. The second-order valence-electron chi connectivity index (χ2n) is 4.86. The molecule has 0 bridgehead atoms. The van der Waals surface area contributed by atoms with Crippen LogP contribution in [0.4, 0.5) is 15.9 Å². The maximum atomic E-state index is 14.4. The van der Waals surface area contributed by atoms with Crippen LogP contribution in [0, 0.1) is 5.82 Å². The molecule has 19 heavy (non-hydrogen) atoms. The van der Waals surface area contributed by atoms with Crippen LogP contribution in [0.15, 0.2) is 36.5 Å². The lowest BCUT2D eigenvalue weighted by atomic mass is 10.1. The van der Waals surface area contributed by atoms with Gasteiger partial charge in [-0.1, -0.05) is 18.2 Å². The Morgan fingerprint density at radius 2 is 2.16 bits per heavy atom. The van der Waals surface area contributed by atoms with Crippen molar-refractivity contribution in [2.24, 2.45) is 5.73 Å². The van der Waals surface area contributed by atoms with Gasteiger partial charge in [0.05, 0.1) is 0 Å². The number of aromatic nitrogens is 1. The summed E-state index contributed by atoms with van der Waals surface area (Å²) in [6, 6.07) is 9.90. The minimum Gasteiger partial charge on any atom is -0.326 e. The lowest BCUT2D eigenvalue weighted by Gasteiger charge is -2.24. The van der Waals surface area contributed by atoms with Crippen molar-refractivity contribution in [1.82, 2.24) is 4.98 Å². The van der Waals surface area contributed by atoms with Gasteiger partial charge in [-0.15, -0.1) is 0 Å². The molecule has 0 saturated carbocycles. The average molecular weight is 257 g/mol. The maximum Gasteiger partial charge on any atom is 0.170 e. The van der Waals surface area contributed by atoms with Crippen molar-refractivity contribution in [3.05, 3.63) is 53.5 Å². The molecule has 0 saturated heterocycles. The summed E-state index contributed by atoms with van der Waals surface area (Å²) in [4.78, 5) is 6.18. The fourth-order valence-corrected chi connectivity index (χ4v) is 2.69. The number of benzene rings is 1. The largest absolute Gasteiger partial charge is 0.326 e. The molecular weight excluding hydrogens is 241 g/mol. The van der Waals surface area contributed by atoms with E-state index in [2.05, 4.69) is 18.0 Å². The number of hydrogen-bond acceptors (Lipinski definition) is 3. The Balaban J connectivity index is 2.12. The van der Waals surface area contributed by atoms with Crippen LogP contribution in [0.2, 0.25) is 0 Å². The van der Waals surface area contributed by atoms with E-state index in [0.717, 1.165) is 12.1 Å². The highest BCUT2D eigenvalue weighted by Gasteiger charge is 2.30. The van der Waals surface area contributed by atoms with Crippen LogP contribution in [0.3, 0.4) is 0 Å². The van der Waals surface area contributed by atoms with E-state index in [1.807, 2.05) is 23.1 Å². The number of rotatable bonds is 2. The summed E-state index contributed by atoms with van der Waals surface area (Å²) in [6.45, 7) is 2.27. The van der Waals surface area contributed by atoms with Gasteiger partial charge in [0.15, 0.2) is 11.6 Å². The third kappa shape index (κ3) is 1.88. The molecule has 0 radical (unpaired) electrons. The highest BCUT2D eigenvalue weighted by Crippen LogP contribution is 2.38. The van der Waals surface area contributed by atoms with Crippen molar-refractivity contribution < 1.29 is 4.39 Å². The predicted molar refractivity (Wildman–Crippen MR) is 73.8 cm³/mol. The third-order valence-electron chi connectivity index (χ3n) is 3.61. The molecule has 0 fully saturated rings. The number of nitrogens with zero attached hydrogens (tertiary/aromatic N) is 2. The first-order valence-corrected chi connectivity index (χ1v) is 6.43. The molecule has 98 valence electrons. The number of fused-ring (bicyclic) bond motifs is 1. The molecule has 3 nitrogen and oxygen atoms in total. The molecule has 0 amide bonds. The van der Waals surface area contributed by atoms with Gasteiger partial charge in [0.1, 0.15) is 0 Å². The van der Waals surface area contributed by atoms with Crippen molar-refractivity contribution in [2.45, 2.75) is 25.9 Å². The molecule has 1 aromatic heterocycles. The summed E-state index contributed by atoms with van der Waals surface area (Å²) < 4.78 is 14.4. The number of nitrogens with two attached hydrogens (primary N) is 1. The molecule has 0 aliphatic carbocycles. The van der Waals surface area contributed by atoms with Crippen molar-refractivity contribution in [3.63, 3.8) is 0 Å². The van der Waals surface area contributed by atoms with Crippen molar-refractivity contribution >= 4 is 11.5 Å². The molecule has 1 aliphatic heterocycles. The van der Waals surface area contributed by atoms with E-state index in [4.69, 9.17) is 5.73 Å². The standard InChI is InChI=1S/C15H16FN3/c1-10-8-11-4-2-3-5-13(11)19(10)15-14(16)12(9-17)6-7-18-15/h2-7,10H,8-9,17H2,1H3. The lowest BCUT2D eigenvalue weighted by Crippen LogP contribution is -2.26. The van der Waals surface area contributed by atoms with Gasteiger partial charge in [0.2, 0.25) is 0 Å². The van der Waals surface area contributed by atoms with Crippen LogP contribution in [-0.4, -0.2) is 11.0 Å². The van der Waals surface area contributed by atoms with Gasteiger partial charge >= 0.3 is 0 Å². The van der Waals surface area contributed by atoms with Crippen LogP contribution in [0.1, 0.15) is 18.1 Å². The first kappa shape index (κ1) is 12.1. The van der Waals surface area contributed by atoms with Crippen LogP contribution >= 0.6 is 0 Å². The fourth-order valence-electron chi connectivity index (χ4n) is 2.69. The Kier molecular flexibility index (Phi) is 2.95. The third-order valence-corrected chi connectivity index (χ3v) is 3.61. The molecule has 0 spiro atoms. The van der Waals surface area contributed by atoms with E-state index >= 15 is 0 Å². The number of halogens is 1. The lowest BCUT2D eigenvalue weighted by molar-refractivity contribution is 0.594. The van der Waals surface area contributed by atoms with Gasteiger partial charge < -0.3 is 10.6 Å². The quantitative estimate of drug-likeness (QED) is 0.899. The first-order chi connectivity index (χ1) is 9.22. The van der Waals surface area contributed by atoms with E-state index < -0.39 is 0 Å². The van der Waals surface area contributed by atoms with E-state index in [0.29, 0.717) is 11.4 Å². The SMILES string of the molecule is CC1Cc2ccccc2N1c1nccc(CN)c1F. The van der Waals surface area contributed by atoms with Gasteiger partial charge in [0, 0.05) is 30.0 Å². The summed E-state index contributed by atoms with van der Waals surface area (Å²) in [7, 11) is 0. The molecule has 2 aromatic rings. The molecule has 1 aliphatic rings. The Hall–Kier alpha value is -1.94. The van der Waals surface area contributed by atoms with Crippen LogP contribution in [-0.2, 0) is 13.0 Å². The number of hydrogen-bond donors (Lipinski definition) is 1. The Labute approximate surface area is 111 Å². The zero-order valence-electron chi connectivity index (χ0n) is 10.8. The number of anilines is 2. The first-order valence-electron chi connectivity index (χ1n) is 6.43. The zero-order valence-corrected chi connectivity index (χ0v) is 10.8. The summed E-state index contributed by atoms with van der Waals surface area (Å²) in [5.74, 6) is 0.0638. The van der Waals surface area contributed by atoms with E-state index in [9.17, 15) is 4.39 Å². The summed E-state index contributed by atoms with van der Waals surface area (Å²) in [5, 5.41) is 0. The molecule has 1 aromatic carbocycles. The minimum atomic E-state index is -0.312. The Morgan fingerprint density at radius 1 is 1.37 bits per heavy atom. The highest BCUT2D eigenvalue weighted by atomic mass is 19.1. The van der Waals surface area contributed by atoms with Crippen LogP contribution in [0.25, 0.3) is 0 Å². The van der Waals surface area contributed by atoms with Crippen LogP contribution < -0.4 is 10.6 Å². The minimum absolute atomic E-state index is 0.186. The second kappa shape index (κ2) is 4.63. The maximum absolute atomic E-state index is 14.4. The summed E-state index contributed by atoms with van der Waals surface area (Å²) >= 11 is 0. The highest BCUT2D eigenvalue weighted by molar-refractivity contribution is 5.69. The van der Waals surface area contributed by atoms with Crippen molar-refractivity contribution in [2.75, 3.05) is 4.90 Å². The number of para-hydroxylation sites is 1. The Bertz CT molecular complexity index is 612. The monoisotopic (exact) mass is 257 g/mol. The van der Waals surface area contributed by atoms with Gasteiger partial charge in [0.25, 0.3) is 0 Å². The normalized spacial score (nSPS) is 17.6. The van der Waals surface area contributed by atoms with Crippen molar-refractivity contribution in [3.8, 4) is 0 Å². The molecule has 2 N–H and O–H groups in total. The molecule has 1 unspecified atom stereocenters. The number of pyridine rings is 1. The Morgan fingerprint density at radius 3 is 2.95 bits per heavy atom. The zero-order chi connectivity index (χ0) is 13.4. The molecular formula is C15H16FN3. The topological polar surface area (TPSA) is 42.2 Å². The molecule has 2 heterocycles.